The van der Waals surface area contributed by atoms with E-state index < -0.39 is 172 Å². The van der Waals surface area contributed by atoms with E-state index in [1.165, 1.54) is 25.9 Å². The van der Waals surface area contributed by atoms with Crippen LogP contribution in [0.4, 0.5) is 0 Å². The molecule has 5 aliphatic rings. The average Bonchev–Trinajstić information content (AvgIpc) is 3.48. The molecular weight excluding hydrogens is 1100 g/mol. The van der Waals surface area contributed by atoms with Crippen molar-refractivity contribution in [2.24, 2.45) is 27.2 Å². The Kier molecular flexibility index (Phi) is 24.9. The summed E-state index contributed by atoms with van der Waals surface area (Å²) in [6.45, 7) is 9.17. The fourth-order valence-electron chi connectivity index (χ4n) is 10.9. The molecule has 5 aliphatic heterocycles. The molecule has 12 unspecified atom stereocenters. The van der Waals surface area contributed by atoms with Gasteiger partial charge >= 0.3 is 381 Å². The zero-order valence-electron chi connectivity index (χ0n) is 44.8. The van der Waals surface area contributed by atoms with Crippen LogP contribution in [0.2, 0.25) is 0 Å². The van der Waals surface area contributed by atoms with Gasteiger partial charge in [-0.25, -0.2) is 0 Å². The van der Waals surface area contributed by atoms with Crippen LogP contribution in [0.5, 0.6) is 0 Å². The molecule has 5 fully saturated rings. The number of carbonyl (C=O) groups is 1. The molecule has 2 radical (unpaired) electrons. The van der Waals surface area contributed by atoms with Crippen molar-refractivity contribution in [1.29, 1.82) is 0 Å². The molecule has 434 valence electrons. The van der Waals surface area contributed by atoms with E-state index in [4.69, 9.17) is 52.1 Å². The molecule has 0 amide bonds. The van der Waals surface area contributed by atoms with E-state index in [0.717, 1.165) is 0 Å². The molecule has 81 heavy (non-hydrogen) atoms. The van der Waals surface area contributed by atoms with E-state index in [2.05, 4.69) is 30.1 Å². The van der Waals surface area contributed by atoms with Crippen LogP contribution in [0.15, 0.2) is 76.0 Å². The van der Waals surface area contributed by atoms with Gasteiger partial charge in [0, 0.05) is 4.91 Å². The molecule has 27 atom stereocenters. The molecule has 0 saturated carbocycles. The average molecular weight is 1170 g/mol. The van der Waals surface area contributed by atoms with Crippen molar-refractivity contribution < 1.29 is 91.8 Å². The summed E-state index contributed by atoms with van der Waals surface area (Å²) >= 11 is 0. The second-order valence-corrected chi connectivity index (χ2v) is 22.8. The summed E-state index contributed by atoms with van der Waals surface area (Å²) < 4.78 is 92.9. The van der Waals surface area contributed by atoms with Crippen LogP contribution in [0.1, 0.15) is 50.5 Å². The van der Waals surface area contributed by atoms with Gasteiger partial charge in [-0.2, -0.15) is 0 Å². The molecule has 7 rings (SSSR count). The maximum atomic E-state index is 13.9. The zero-order valence-corrected chi connectivity index (χ0v) is 46.8. The van der Waals surface area contributed by atoms with Gasteiger partial charge in [-0.05, 0) is 17.7 Å². The Bertz CT molecular complexity index is 2510. The van der Waals surface area contributed by atoms with E-state index in [9.17, 15) is 56.3 Å². The topological polar surface area (TPSA) is 400 Å². The molecule has 2 aromatic rings. The standard InChI is InChI=1S/C47H65B4N9O19P2/c1-20-27(16-61)73-45(32(57-60-54)41(20)80-50-48-67)76-35-21(2)36(75-43(66)26-14-10-7-11-15-26)47(72-23(35)4)78-38-28(17-62)74-44(31(33(38)64)56-59-53)77-37-24(5)71-46(34(65)40(37)69-19-25-12-8-6-9-13-25)79-39-29(18-63)70-22(3)30(55-58-52)42(39)81-51-49-68/h6-15,20-24,27-42,44-47,61-65,80-81H,16-19H2,1-5H3/t20-,21+,22+,23?,24?,27?,28?,29?,30?,31?,32?,33-,34?,35+,36?,37-,38-,39-,40+,41+,42-,44+,45+,46+,47+/m1/s1. The molecule has 0 bridgehead atoms. The molecule has 5 heterocycles. The number of aliphatic hydroxyl groups is 5. The first kappa shape index (κ1) is 64.5. The molecular formula is C47H65B4N9O19P2. The molecule has 5 saturated heterocycles. The third-order valence-corrected chi connectivity index (χ3v) is 18.1. The predicted octanol–water partition coefficient (Wildman–Crippen LogP) is 2.33. The van der Waals surface area contributed by atoms with Crippen LogP contribution >= 0.6 is 16.9 Å². The Balaban J connectivity index is 1.15. The number of azide groups is 3. The number of benzene rings is 2. The van der Waals surface area contributed by atoms with Gasteiger partial charge in [-0.3, -0.25) is 0 Å². The summed E-state index contributed by atoms with van der Waals surface area (Å²) in [6, 6.07) is 13.5. The number of aliphatic hydroxyl groups excluding tert-OH is 5. The van der Waals surface area contributed by atoms with Crippen molar-refractivity contribution in [2.45, 2.75) is 181 Å². The summed E-state index contributed by atoms with van der Waals surface area (Å²) in [7, 11) is 0.827. The second kappa shape index (κ2) is 31.2. The fourth-order valence-corrected chi connectivity index (χ4v) is 13.5. The van der Waals surface area contributed by atoms with Crippen LogP contribution in [0.3, 0.4) is 0 Å². The third-order valence-electron chi connectivity index (χ3n) is 15.1. The van der Waals surface area contributed by atoms with Crippen molar-refractivity contribution in [3.63, 3.8) is 0 Å². The van der Waals surface area contributed by atoms with Crippen molar-refractivity contribution >= 4 is 50.7 Å². The molecule has 2 aromatic carbocycles. The Morgan fingerprint density at radius 2 is 1.07 bits per heavy atom. The zero-order chi connectivity index (χ0) is 58.3. The van der Waals surface area contributed by atoms with Crippen molar-refractivity contribution in [3.05, 3.63) is 103 Å². The quantitative estimate of drug-likeness (QED) is 0.0238. The number of esters is 1. The van der Waals surface area contributed by atoms with Gasteiger partial charge in [0.25, 0.3) is 0 Å². The third kappa shape index (κ3) is 15.5. The van der Waals surface area contributed by atoms with Gasteiger partial charge in [0.15, 0.2) is 0 Å². The monoisotopic (exact) mass is 1170 g/mol. The van der Waals surface area contributed by atoms with Crippen molar-refractivity contribution in [1.82, 2.24) is 0 Å². The number of ether oxygens (including phenoxy) is 11. The summed E-state index contributed by atoms with van der Waals surface area (Å²) in [5.41, 5.74) is 28.7. The first-order chi connectivity index (χ1) is 39.2. The number of hydrogen-bond acceptors (Lipinski definition) is 22. The molecule has 28 nitrogen and oxygen atoms in total. The Morgan fingerprint density at radius 1 is 0.556 bits per heavy atom. The van der Waals surface area contributed by atoms with Crippen LogP contribution in [0, 0.1) is 11.8 Å². The van der Waals surface area contributed by atoms with Gasteiger partial charge in [0.05, 0.1) is 12.7 Å². The summed E-state index contributed by atoms with van der Waals surface area (Å²) in [4.78, 5) is 22.9. The van der Waals surface area contributed by atoms with Crippen LogP contribution in [-0.4, -0.2) is 219 Å². The predicted molar refractivity (Wildman–Crippen MR) is 289 cm³/mol. The minimum absolute atomic E-state index is 0.0862. The second-order valence-electron chi connectivity index (χ2n) is 20.1. The Morgan fingerprint density at radius 3 is 1.70 bits per heavy atom. The van der Waals surface area contributed by atoms with Gasteiger partial charge in [-0.15, -0.1) is 0 Å². The normalized spacial score (nSPS) is 39.8. The van der Waals surface area contributed by atoms with Gasteiger partial charge in [0.1, 0.15) is 6.10 Å². The number of nitrogens with zero attached hydrogens (tertiary/aromatic N) is 9. The fraction of sp³-hybridized carbons (Fsp3) is 0.723. The number of rotatable bonds is 25. The molecule has 0 aromatic heterocycles. The first-order valence-electron chi connectivity index (χ1n) is 26.3. The van der Waals surface area contributed by atoms with Gasteiger partial charge < -0.3 is 10.2 Å². The van der Waals surface area contributed by atoms with Crippen LogP contribution in [-0.2, 0) is 68.1 Å². The molecule has 5 N–H and O–H groups in total. The molecule has 0 spiro atoms. The molecule has 34 heteroatoms. The van der Waals surface area contributed by atoms with Crippen LogP contribution in [0.25, 0.3) is 31.3 Å². The number of hydrogen-bond donors (Lipinski definition) is 5. The number of carbonyl (C=O) groups excluding carboxylic acids is 1. The van der Waals surface area contributed by atoms with Crippen molar-refractivity contribution in [2.75, 3.05) is 19.8 Å². The van der Waals surface area contributed by atoms with Gasteiger partial charge in [-0.1, -0.05) is 41.5 Å². The van der Waals surface area contributed by atoms with Gasteiger partial charge in [0.2, 0.25) is 0 Å². The Hall–Kier alpha value is -4.04. The first-order valence-corrected chi connectivity index (χ1v) is 28.7. The summed E-state index contributed by atoms with van der Waals surface area (Å²) in [5, 5.41) is 68.1. The molecule has 0 aliphatic carbocycles. The van der Waals surface area contributed by atoms with Crippen LogP contribution < -0.4 is 0 Å². The Labute approximate surface area is 472 Å². The van der Waals surface area contributed by atoms with E-state index in [-0.39, 0.29) is 35.0 Å². The van der Waals surface area contributed by atoms with E-state index in [1.54, 1.807) is 83.1 Å². The van der Waals surface area contributed by atoms with E-state index >= 15 is 0 Å². The van der Waals surface area contributed by atoms with E-state index in [1.807, 2.05) is 0 Å². The minimum atomic E-state index is -1.86. The van der Waals surface area contributed by atoms with E-state index in [0.29, 0.717) is 19.6 Å². The summed E-state index contributed by atoms with van der Waals surface area (Å²) in [6.07, 6.45) is -23.4. The van der Waals surface area contributed by atoms with Crippen molar-refractivity contribution in [3.8, 4) is 0 Å². The maximum absolute atomic E-state index is 13.9. The SMILES string of the molecule is CC1O[C@@H](O[C@@H]2C(CO)O[C@@H](O[C@@H]3C(C)O[C@@H](O[C@@H]4C(CO)O[C@@H](C)C(N=[N+]=[N-])[C@H]4P[B]B=O)C(O)[C@@H]3OCc3ccccc3)C(N=[N+]=[N-])[C@H]2O)C(OC(=O)c2ccccc2)[C@@H](C)[C@@H]1O[C@@H]1OC(CO)[C@@H](C)[C@H](P[B]B=O)C1N=[N+]=[N-]. The summed E-state index contributed by atoms with van der Waals surface area (Å²) in [5.74, 6) is -2.02.